The van der Waals surface area contributed by atoms with E-state index >= 15 is 0 Å². The lowest BCUT2D eigenvalue weighted by Crippen LogP contribution is -2.41. The van der Waals surface area contributed by atoms with Gasteiger partial charge in [-0.3, -0.25) is 10.1 Å². The number of pyridine rings is 1. The standard InChI is InChI=1S/C12H16BN3O2.ClH/c1-11(2)12(3,4)18-13(17-11)8-5-9-10(14-6-8)7-15-16-9;/h5-7H,1-4H3,(H,15,16);1H. The van der Waals surface area contributed by atoms with Crippen molar-refractivity contribution in [3.05, 3.63) is 18.5 Å². The fourth-order valence-electron chi connectivity index (χ4n) is 1.95. The number of nitrogens with one attached hydrogen (secondary N) is 1. The summed E-state index contributed by atoms with van der Waals surface area (Å²) in [4.78, 5) is 4.33. The van der Waals surface area contributed by atoms with Crippen molar-refractivity contribution < 1.29 is 9.31 Å². The van der Waals surface area contributed by atoms with Crippen molar-refractivity contribution in [3.63, 3.8) is 0 Å². The molecule has 2 aromatic heterocycles. The fraction of sp³-hybridized carbons (Fsp3) is 0.500. The molecule has 1 N–H and O–H groups in total. The van der Waals surface area contributed by atoms with E-state index in [1.807, 2.05) is 33.8 Å². The monoisotopic (exact) mass is 281 g/mol. The van der Waals surface area contributed by atoms with Gasteiger partial charge >= 0.3 is 7.12 Å². The van der Waals surface area contributed by atoms with Gasteiger partial charge in [0.2, 0.25) is 0 Å². The van der Waals surface area contributed by atoms with Gasteiger partial charge in [-0.2, -0.15) is 5.10 Å². The normalized spacial score (nSPS) is 20.5. The summed E-state index contributed by atoms with van der Waals surface area (Å²) in [5, 5.41) is 6.86. The molecular formula is C12H17BClN3O2. The van der Waals surface area contributed by atoms with Crippen LogP contribution in [0.25, 0.3) is 11.0 Å². The molecule has 0 spiro atoms. The lowest BCUT2D eigenvalue weighted by Gasteiger charge is -2.32. The Morgan fingerprint density at radius 2 is 1.74 bits per heavy atom. The molecule has 0 bridgehead atoms. The molecule has 1 aliphatic rings. The Hall–Kier alpha value is -1.11. The molecule has 5 nitrogen and oxygen atoms in total. The minimum Gasteiger partial charge on any atom is -0.399 e. The summed E-state index contributed by atoms with van der Waals surface area (Å²) in [5.74, 6) is 0. The maximum absolute atomic E-state index is 5.98. The van der Waals surface area contributed by atoms with Crippen LogP contribution in [0, 0.1) is 0 Å². The number of hydrogen-bond acceptors (Lipinski definition) is 4. The van der Waals surface area contributed by atoms with E-state index in [0.717, 1.165) is 16.5 Å². The molecule has 1 saturated heterocycles. The fourth-order valence-corrected chi connectivity index (χ4v) is 1.95. The maximum Gasteiger partial charge on any atom is 0.496 e. The molecule has 1 aliphatic heterocycles. The molecule has 0 saturated carbocycles. The van der Waals surface area contributed by atoms with Gasteiger partial charge in [0, 0.05) is 11.7 Å². The van der Waals surface area contributed by atoms with Crippen LogP contribution in [0.5, 0.6) is 0 Å². The highest BCUT2D eigenvalue weighted by Crippen LogP contribution is 2.36. The van der Waals surface area contributed by atoms with E-state index < -0.39 is 0 Å². The zero-order chi connectivity index (χ0) is 13.0. The number of fused-ring (bicyclic) bond motifs is 1. The molecule has 3 heterocycles. The lowest BCUT2D eigenvalue weighted by atomic mass is 9.80. The predicted octanol–water partition coefficient (Wildman–Crippen LogP) is 1.68. The molecule has 0 radical (unpaired) electrons. The molecule has 0 aliphatic carbocycles. The zero-order valence-corrected chi connectivity index (χ0v) is 12.2. The molecule has 0 atom stereocenters. The third-order valence-corrected chi connectivity index (χ3v) is 3.84. The van der Waals surface area contributed by atoms with Crippen molar-refractivity contribution in [1.82, 2.24) is 15.2 Å². The SMILES string of the molecule is CC1(C)OB(c2cnc3cn[nH]c3c2)OC1(C)C.Cl. The topological polar surface area (TPSA) is 60.0 Å². The summed E-state index contributed by atoms with van der Waals surface area (Å²) in [6, 6.07) is 1.97. The van der Waals surface area contributed by atoms with Crippen LogP contribution in [0.3, 0.4) is 0 Å². The van der Waals surface area contributed by atoms with E-state index in [-0.39, 0.29) is 30.7 Å². The van der Waals surface area contributed by atoms with Gasteiger partial charge in [0.25, 0.3) is 0 Å². The number of aromatic nitrogens is 3. The molecule has 102 valence electrons. The highest BCUT2D eigenvalue weighted by molar-refractivity contribution is 6.62. The minimum absolute atomic E-state index is 0. The number of rotatable bonds is 1. The molecule has 0 amide bonds. The summed E-state index contributed by atoms with van der Waals surface area (Å²) in [7, 11) is -0.379. The smallest absolute Gasteiger partial charge is 0.399 e. The van der Waals surface area contributed by atoms with Crippen molar-refractivity contribution in [2.75, 3.05) is 0 Å². The Balaban J connectivity index is 0.00000133. The second-order valence-corrected chi connectivity index (χ2v) is 5.66. The molecule has 7 heteroatoms. The van der Waals surface area contributed by atoms with Crippen LogP contribution >= 0.6 is 12.4 Å². The molecule has 2 aromatic rings. The first-order valence-electron chi connectivity index (χ1n) is 6.04. The van der Waals surface area contributed by atoms with Gasteiger partial charge in [-0.05, 0) is 33.8 Å². The first kappa shape index (κ1) is 14.3. The minimum atomic E-state index is -0.379. The summed E-state index contributed by atoms with van der Waals surface area (Å²) >= 11 is 0. The Bertz CT molecular complexity index is 583. The second kappa shape index (κ2) is 4.47. The van der Waals surface area contributed by atoms with Gasteiger partial charge in [-0.1, -0.05) is 0 Å². The van der Waals surface area contributed by atoms with Crippen LogP contribution in [-0.4, -0.2) is 33.5 Å². The van der Waals surface area contributed by atoms with Crippen molar-refractivity contribution in [1.29, 1.82) is 0 Å². The zero-order valence-electron chi connectivity index (χ0n) is 11.4. The lowest BCUT2D eigenvalue weighted by molar-refractivity contribution is 0.00578. The van der Waals surface area contributed by atoms with Crippen LogP contribution in [0.2, 0.25) is 0 Å². The first-order valence-corrected chi connectivity index (χ1v) is 6.04. The van der Waals surface area contributed by atoms with Gasteiger partial charge in [0.1, 0.15) is 5.52 Å². The van der Waals surface area contributed by atoms with Crippen molar-refractivity contribution in [2.45, 2.75) is 38.9 Å². The van der Waals surface area contributed by atoms with E-state index in [2.05, 4.69) is 15.2 Å². The van der Waals surface area contributed by atoms with E-state index in [4.69, 9.17) is 9.31 Å². The molecule has 19 heavy (non-hydrogen) atoms. The van der Waals surface area contributed by atoms with Crippen LogP contribution in [-0.2, 0) is 9.31 Å². The highest BCUT2D eigenvalue weighted by atomic mass is 35.5. The third-order valence-electron chi connectivity index (χ3n) is 3.84. The molecule has 0 aromatic carbocycles. The highest BCUT2D eigenvalue weighted by Gasteiger charge is 2.51. The summed E-state index contributed by atoms with van der Waals surface area (Å²) in [6.07, 6.45) is 3.48. The Labute approximate surface area is 118 Å². The van der Waals surface area contributed by atoms with Crippen LogP contribution < -0.4 is 5.46 Å². The quantitative estimate of drug-likeness (QED) is 0.808. The third kappa shape index (κ3) is 2.24. The molecule has 0 unspecified atom stereocenters. The van der Waals surface area contributed by atoms with Gasteiger partial charge < -0.3 is 9.31 Å². The molecule has 1 fully saturated rings. The number of hydrogen-bond donors (Lipinski definition) is 1. The average molecular weight is 282 g/mol. The largest absolute Gasteiger partial charge is 0.496 e. The van der Waals surface area contributed by atoms with Gasteiger partial charge in [0.15, 0.2) is 0 Å². The summed E-state index contributed by atoms with van der Waals surface area (Å²) in [5.41, 5.74) is 1.98. The van der Waals surface area contributed by atoms with Crippen molar-refractivity contribution in [2.24, 2.45) is 0 Å². The summed E-state index contributed by atoms with van der Waals surface area (Å²) < 4.78 is 12.0. The van der Waals surface area contributed by atoms with E-state index in [0.29, 0.717) is 0 Å². The molecular weight excluding hydrogens is 264 g/mol. The number of aromatic amines is 1. The van der Waals surface area contributed by atoms with Gasteiger partial charge in [-0.25, -0.2) is 0 Å². The van der Waals surface area contributed by atoms with Crippen molar-refractivity contribution in [3.8, 4) is 0 Å². The number of nitrogens with zero attached hydrogens (tertiary/aromatic N) is 2. The van der Waals surface area contributed by atoms with Gasteiger partial charge in [-0.15, -0.1) is 12.4 Å². The Morgan fingerprint density at radius 1 is 1.11 bits per heavy atom. The van der Waals surface area contributed by atoms with Crippen LogP contribution in [0.15, 0.2) is 18.5 Å². The second-order valence-electron chi connectivity index (χ2n) is 5.66. The van der Waals surface area contributed by atoms with Gasteiger partial charge in [0.05, 0.1) is 22.9 Å². The predicted molar refractivity (Wildman–Crippen MR) is 76.9 cm³/mol. The van der Waals surface area contributed by atoms with E-state index in [1.165, 1.54) is 0 Å². The Morgan fingerprint density at radius 3 is 2.37 bits per heavy atom. The maximum atomic E-state index is 5.98. The Kier molecular flexibility index (Phi) is 3.37. The number of H-pyrrole nitrogens is 1. The van der Waals surface area contributed by atoms with Crippen LogP contribution in [0.4, 0.5) is 0 Å². The molecule has 3 rings (SSSR count). The van der Waals surface area contributed by atoms with Crippen LogP contribution in [0.1, 0.15) is 27.7 Å². The first-order chi connectivity index (χ1) is 8.39. The average Bonchev–Trinajstić information content (AvgIpc) is 2.80. The number of halogens is 1. The summed E-state index contributed by atoms with van der Waals surface area (Å²) in [6.45, 7) is 8.15. The van der Waals surface area contributed by atoms with E-state index in [9.17, 15) is 0 Å². The van der Waals surface area contributed by atoms with Crippen molar-refractivity contribution >= 4 is 36.0 Å². The van der Waals surface area contributed by atoms with E-state index in [1.54, 1.807) is 12.4 Å².